The Morgan fingerprint density at radius 1 is 0.333 bits per heavy atom. The van der Waals surface area contributed by atoms with Crippen molar-refractivity contribution in [3.63, 3.8) is 0 Å². The second-order valence-corrected chi connectivity index (χ2v) is 14.7. The lowest BCUT2D eigenvalue weighted by Crippen LogP contribution is -2.03. The molecule has 0 saturated heterocycles. The van der Waals surface area contributed by atoms with Gasteiger partial charge in [0.25, 0.3) is 0 Å². The van der Waals surface area contributed by atoms with Crippen molar-refractivity contribution < 1.29 is 4.42 Å². The molecule has 0 aliphatic carbocycles. The maximum Gasteiger partial charge on any atom is 0.135 e. The third kappa shape index (κ3) is 4.47. The third-order valence-electron chi connectivity index (χ3n) is 12.3. The van der Waals surface area contributed by atoms with Crippen LogP contribution >= 0.6 is 0 Å². The quantitative estimate of drug-likeness (QED) is 0.172. The molecule has 8 aromatic carbocycles. The molecule has 1 nitrogen and oxygen atoms in total. The third-order valence-corrected chi connectivity index (χ3v) is 12.3. The highest BCUT2D eigenvalue weighted by atomic mass is 16.3. The minimum absolute atomic E-state index is 0.925. The van der Waals surface area contributed by atoms with Crippen molar-refractivity contribution in [2.75, 3.05) is 0 Å². The monoisotopic (exact) mass is 658 g/mol. The van der Waals surface area contributed by atoms with E-state index in [4.69, 9.17) is 4.42 Å². The Morgan fingerprint density at radius 3 is 1.43 bits per heavy atom. The van der Waals surface area contributed by atoms with E-state index in [1.54, 1.807) is 0 Å². The summed E-state index contributed by atoms with van der Waals surface area (Å²) in [4.78, 5) is 0. The van der Waals surface area contributed by atoms with Crippen LogP contribution in [0.5, 0.6) is 0 Å². The molecule has 0 saturated carbocycles. The minimum Gasteiger partial charge on any atom is -0.456 e. The first kappa shape index (κ1) is 31.3. The molecule has 51 heavy (non-hydrogen) atoms. The average Bonchev–Trinajstić information content (AvgIpc) is 3.54. The molecule has 0 N–H and O–H groups in total. The molecule has 0 aliphatic rings. The summed E-state index contributed by atoms with van der Waals surface area (Å²) in [6.07, 6.45) is 0. The van der Waals surface area contributed by atoms with Gasteiger partial charge < -0.3 is 4.42 Å². The molecular weight excluding hydrogens is 617 g/mol. The van der Waals surface area contributed by atoms with Gasteiger partial charge in [0.1, 0.15) is 11.2 Å². The van der Waals surface area contributed by atoms with Crippen LogP contribution in [-0.4, -0.2) is 0 Å². The first-order valence-corrected chi connectivity index (χ1v) is 18.1. The maximum atomic E-state index is 6.14. The summed E-state index contributed by atoms with van der Waals surface area (Å²) < 4.78 is 6.14. The molecular formula is C50H42O. The lowest BCUT2D eigenvalue weighted by atomic mass is 9.76. The van der Waals surface area contributed by atoms with Crippen LogP contribution in [0.1, 0.15) is 44.5 Å². The summed E-state index contributed by atoms with van der Waals surface area (Å²) in [5, 5.41) is 10.4. The van der Waals surface area contributed by atoms with Gasteiger partial charge in [0.05, 0.1) is 0 Å². The standard InChI is InChI=1S/C50H42O/c1-27-29(3)33(7)47-45(31(27)5)49(37-22-20-35(21-23-37)38-24-25-44-42(26-38)40-17-11-12-19-43(40)51-44)46-32(6)28(2)30(4)34(8)48(46)50(47)41-18-13-15-36-14-9-10-16-39(36)41/h9-26H,1-8H3. The van der Waals surface area contributed by atoms with E-state index in [0.717, 1.165) is 21.9 Å². The second kappa shape index (κ2) is 11.4. The molecule has 9 aromatic rings. The largest absolute Gasteiger partial charge is 0.456 e. The molecule has 1 heteroatoms. The second-order valence-electron chi connectivity index (χ2n) is 14.7. The van der Waals surface area contributed by atoms with Crippen LogP contribution in [0.4, 0.5) is 0 Å². The van der Waals surface area contributed by atoms with Gasteiger partial charge in [-0.3, -0.25) is 0 Å². The lowest BCUT2D eigenvalue weighted by molar-refractivity contribution is 0.669. The number of fused-ring (bicyclic) bond motifs is 6. The van der Waals surface area contributed by atoms with Gasteiger partial charge in [-0.05, 0) is 184 Å². The predicted molar refractivity (Wildman–Crippen MR) is 220 cm³/mol. The molecule has 0 atom stereocenters. The van der Waals surface area contributed by atoms with Gasteiger partial charge in [-0.2, -0.15) is 0 Å². The zero-order chi connectivity index (χ0) is 35.3. The topological polar surface area (TPSA) is 13.1 Å². The summed E-state index contributed by atoms with van der Waals surface area (Å²) >= 11 is 0. The molecule has 0 radical (unpaired) electrons. The summed E-state index contributed by atoms with van der Waals surface area (Å²) in [6, 6.07) is 39.9. The minimum atomic E-state index is 0.925. The first-order chi connectivity index (χ1) is 24.7. The van der Waals surface area contributed by atoms with Crippen LogP contribution in [0.2, 0.25) is 0 Å². The van der Waals surface area contributed by atoms with Gasteiger partial charge in [0.2, 0.25) is 0 Å². The van der Waals surface area contributed by atoms with Gasteiger partial charge in [-0.1, -0.05) is 91.0 Å². The van der Waals surface area contributed by atoms with Crippen LogP contribution in [0, 0.1) is 55.4 Å². The Hall–Kier alpha value is -5.66. The van der Waals surface area contributed by atoms with E-state index in [1.807, 2.05) is 12.1 Å². The number of rotatable bonds is 3. The van der Waals surface area contributed by atoms with Crippen molar-refractivity contribution in [3.05, 3.63) is 154 Å². The Labute approximate surface area is 300 Å². The van der Waals surface area contributed by atoms with Gasteiger partial charge in [0, 0.05) is 10.8 Å². The Morgan fingerprint density at radius 2 is 0.804 bits per heavy atom. The van der Waals surface area contributed by atoms with Gasteiger partial charge in [0.15, 0.2) is 0 Å². The molecule has 248 valence electrons. The molecule has 0 amide bonds. The molecule has 1 aromatic heterocycles. The first-order valence-electron chi connectivity index (χ1n) is 18.1. The van der Waals surface area contributed by atoms with Crippen molar-refractivity contribution in [1.29, 1.82) is 0 Å². The summed E-state index contributed by atoms with van der Waals surface area (Å²) in [6.45, 7) is 18.6. The number of para-hydroxylation sites is 1. The highest BCUT2D eigenvalue weighted by Gasteiger charge is 2.26. The molecule has 1 heterocycles. The fraction of sp³-hybridized carbons (Fsp3) is 0.160. The summed E-state index contributed by atoms with van der Waals surface area (Å²) in [5.41, 5.74) is 20.5. The van der Waals surface area contributed by atoms with Gasteiger partial charge in [-0.25, -0.2) is 0 Å². The average molecular weight is 659 g/mol. The van der Waals surface area contributed by atoms with Crippen LogP contribution in [-0.2, 0) is 0 Å². The number of hydrogen-bond acceptors (Lipinski definition) is 1. The van der Waals surface area contributed by atoms with Crippen molar-refractivity contribution >= 4 is 54.3 Å². The number of hydrogen-bond donors (Lipinski definition) is 0. The van der Waals surface area contributed by atoms with E-state index in [9.17, 15) is 0 Å². The smallest absolute Gasteiger partial charge is 0.135 e. The van der Waals surface area contributed by atoms with E-state index < -0.39 is 0 Å². The van der Waals surface area contributed by atoms with Crippen molar-refractivity contribution in [3.8, 4) is 33.4 Å². The Kier molecular flexibility index (Phi) is 7.03. The molecule has 0 unspecified atom stereocenters. The van der Waals surface area contributed by atoms with E-state index >= 15 is 0 Å². The highest BCUT2D eigenvalue weighted by Crippen LogP contribution is 2.51. The molecule has 0 spiro atoms. The zero-order valence-electron chi connectivity index (χ0n) is 30.8. The molecule has 0 aliphatic heterocycles. The number of aryl methyl sites for hydroxylation is 4. The van der Waals surface area contributed by atoms with Crippen LogP contribution in [0.3, 0.4) is 0 Å². The van der Waals surface area contributed by atoms with Crippen LogP contribution in [0.15, 0.2) is 114 Å². The Balaban J connectivity index is 1.40. The summed E-state index contributed by atoms with van der Waals surface area (Å²) in [7, 11) is 0. The maximum absolute atomic E-state index is 6.14. The fourth-order valence-electron chi connectivity index (χ4n) is 8.86. The van der Waals surface area contributed by atoms with E-state index in [0.29, 0.717) is 0 Å². The fourth-order valence-corrected chi connectivity index (χ4v) is 8.86. The van der Waals surface area contributed by atoms with E-state index in [2.05, 4.69) is 152 Å². The van der Waals surface area contributed by atoms with Crippen molar-refractivity contribution in [1.82, 2.24) is 0 Å². The van der Waals surface area contributed by atoms with Gasteiger partial charge in [-0.15, -0.1) is 0 Å². The number of benzene rings is 8. The van der Waals surface area contributed by atoms with Crippen molar-refractivity contribution in [2.24, 2.45) is 0 Å². The molecule has 0 fully saturated rings. The van der Waals surface area contributed by atoms with Gasteiger partial charge >= 0.3 is 0 Å². The van der Waals surface area contributed by atoms with Crippen LogP contribution < -0.4 is 0 Å². The normalized spacial score (nSPS) is 11.9. The summed E-state index contributed by atoms with van der Waals surface area (Å²) in [5.74, 6) is 0. The van der Waals surface area contributed by atoms with Crippen LogP contribution in [0.25, 0.3) is 87.6 Å². The molecule has 0 bridgehead atoms. The Bertz CT molecular complexity index is 2830. The van der Waals surface area contributed by atoms with E-state index in [-0.39, 0.29) is 0 Å². The zero-order valence-corrected chi connectivity index (χ0v) is 30.8. The highest BCUT2D eigenvalue weighted by molar-refractivity contribution is 6.27. The van der Waals surface area contributed by atoms with E-state index in [1.165, 1.54) is 110 Å². The molecule has 9 rings (SSSR count). The predicted octanol–water partition coefficient (Wildman–Crippen LogP) is 14.5. The SMILES string of the molecule is Cc1c(C)c(C)c2c(-c3cccc4ccccc34)c3c(C)c(C)c(C)c(C)c3c(-c3ccc(-c4ccc5oc6ccccc6c5c4)cc3)c2c1C. The lowest BCUT2D eigenvalue weighted by Gasteiger charge is -2.27. The number of furan rings is 1. The van der Waals surface area contributed by atoms with Crippen molar-refractivity contribution in [2.45, 2.75) is 55.4 Å².